The highest BCUT2D eigenvalue weighted by molar-refractivity contribution is 6.40. The lowest BCUT2D eigenvalue weighted by Gasteiger charge is -2.15. The molecule has 9 N–H and O–H groups in total. The molecule has 24 nitrogen and oxygen atoms in total. The predicted molar refractivity (Wildman–Crippen MR) is 479 cm³/mol. The topological polar surface area (TPSA) is 329 Å². The molecule has 6 aromatic heterocycles. The largest absolute Gasteiger partial charge is 0.495 e. The van der Waals surface area contributed by atoms with E-state index < -0.39 is 11.7 Å². The molecule has 0 aliphatic carbocycles. The van der Waals surface area contributed by atoms with E-state index in [-0.39, 0.29) is 51.9 Å². The average molecular weight is 1870 g/mol. The number of aryl methyl sites for hydroxylation is 6. The van der Waals surface area contributed by atoms with Crippen LogP contribution in [-0.4, -0.2) is 121 Å². The fourth-order valence-corrected chi connectivity index (χ4v) is 16.6. The molecular weight excluding hydrogens is 1790 g/mol. The van der Waals surface area contributed by atoms with Crippen LogP contribution >= 0.6 is 128 Å². The summed E-state index contributed by atoms with van der Waals surface area (Å²) in [6.07, 6.45) is -0.709. The lowest BCUT2D eigenvalue weighted by Crippen LogP contribution is -2.13. The van der Waals surface area contributed by atoms with Gasteiger partial charge in [-0.1, -0.05) is 135 Å². The molecule has 12 aromatic rings. The molecule has 0 spiro atoms. The minimum absolute atomic E-state index is 0.0127. The number of nitrogen functional groups attached to an aromatic ring is 4. The molecule has 0 amide bonds. The Labute approximate surface area is 750 Å². The van der Waals surface area contributed by atoms with Crippen molar-refractivity contribution in [1.29, 1.82) is 0 Å². The van der Waals surface area contributed by atoms with Crippen LogP contribution in [0.15, 0.2) is 84.9 Å². The molecule has 0 unspecified atom stereocenters. The van der Waals surface area contributed by atoms with Gasteiger partial charge in [0.25, 0.3) is 0 Å². The number of halogens is 14. The second-order valence-corrected chi connectivity index (χ2v) is 32.2. The quantitative estimate of drug-likeness (QED) is 0.0758. The van der Waals surface area contributed by atoms with Gasteiger partial charge in [-0.3, -0.25) is 0 Å². The van der Waals surface area contributed by atoms with Gasteiger partial charge >= 0.3 is 6.18 Å². The van der Waals surface area contributed by atoms with Gasteiger partial charge in [0.2, 0.25) is 35.7 Å². The van der Waals surface area contributed by atoms with Crippen LogP contribution < -0.4 is 61.6 Å². The van der Waals surface area contributed by atoms with Gasteiger partial charge in [-0.05, 0) is 140 Å². The third-order valence-electron chi connectivity index (χ3n) is 18.2. The van der Waals surface area contributed by atoms with E-state index in [2.05, 4.69) is 65.1 Å². The van der Waals surface area contributed by atoms with E-state index in [1.54, 1.807) is 50.4 Å². The Morgan fingerprint density at radius 2 is 0.744 bits per heavy atom. The maximum atomic E-state index is 13.2. The number of hydrogen-bond acceptors (Lipinski definition) is 24. The first-order chi connectivity index (χ1) is 57.3. The number of rotatable bonds is 12. The van der Waals surface area contributed by atoms with Crippen molar-refractivity contribution in [2.75, 3.05) is 87.8 Å². The molecule has 16 rings (SSSR count). The molecule has 0 saturated carbocycles. The van der Waals surface area contributed by atoms with E-state index in [0.29, 0.717) is 134 Å². The van der Waals surface area contributed by atoms with Crippen LogP contribution in [0.25, 0.3) is 67.5 Å². The number of nitrogens with two attached hydrogens (primary N) is 4. The summed E-state index contributed by atoms with van der Waals surface area (Å²) in [5.41, 5.74) is 38.1. The monoisotopic (exact) mass is 1860 g/mol. The second kappa shape index (κ2) is 39.7. The summed E-state index contributed by atoms with van der Waals surface area (Å²) in [6.45, 7) is 17.5. The number of hydrogen-bond donors (Lipinski definition) is 5. The number of fused-ring (bicyclic) bond motifs is 4. The summed E-state index contributed by atoms with van der Waals surface area (Å²) in [7, 11) is 6.93. The van der Waals surface area contributed by atoms with Gasteiger partial charge in [0, 0.05) is 137 Å². The summed E-state index contributed by atoms with van der Waals surface area (Å²) < 4.78 is 72.5. The maximum absolute atomic E-state index is 13.2. The van der Waals surface area contributed by atoms with Crippen LogP contribution in [0.5, 0.6) is 34.5 Å². The van der Waals surface area contributed by atoms with E-state index in [0.717, 1.165) is 134 Å². The molecule has 4 aliphatic rings. The van der Waals surface area contributed by atoms with E-state index in [9.17, 15) is 13.2 Å². The highest BCUT2D eigenvalue weighted by atomic mass is 35.5. The van der Waals surface area contributed by atoms with Crippen LogP contribution in [-0.2, 0) is 38.3 Å². The Hall–Kier alpha value is -9.62. The summed E-state index contributed by atoms with van der Waals surface area (Å²) in [6, 6.07) is 23.0. The Morgan fingerprint density at radius 1 is 0.405 bits per heavy atom. The zero-order valence-corrected chi connectivity index (χ0v) is 75.2. The number of nitrogens with zero attached hydrogens (tertiary/aromatic N) is 13. The van der Waals surface area contributed by atoms with Gasteiger partial charge in [-0.15, -0.1) is 0 Å². The smallest absolute Gasteiger partial charge is 0.417 e. The standard InChI is InChI=1S/C15H15Cl2N3O.2C14H13Cl2N3O.C14H15Cl2N3O.C13H11Cl2N3O.C13H11ClF3N3O/c1-8-6-12(19-15(18-8)20(2)3)13-9-4-5-21-14(9)11(17)7-10(13)16;1-7-5-11(19-14(17-2)18-7)12-8-3-4-20-13(8)10(16)6-9(12)15;1-2-7-5-11(19-14(17)18-7)12-8-3-4-20-13(8)10(16)6-9(12)15;1-7(2)20-13-5-9(10(15)6-11(13)16)12-4-8(3)18-14(17)19-12;1-6-4-10(18-13(16)17-6)11-7-2-3-19-12(7)9(15)5-8(11)14;1-6-3-10(20-12(18)19-6)7-4-11(21-2)9(14)5-8(7)13(15,16)17/h6-7H,4-5H2,1-3H3;5-6H,3-4H2,1-2H3,(H,17,18,19);5-6H,2-4H2,1H3,(H2,17,18,19);4-7H,1-3H3,(H2,17,18,19);4-5H,2-3H2,1H3,(H2,16,17,18);3-5H,1-2H3,(H2,18,19,20). The molecule has 4 aliphatic heterocycles. The molecule has 10 heterocycles. The Balaban J connectivity index is 0.000000142. The normalized spacial score (nSPS) is 12.5. The number of aromatic nitrogens is 12. The van der Waals surface area contributed by atoms with Gasteiger partial charge in [0.15, 0.2) is 0 Å². The fraction of sp³-hybridized carbons (Fsp3) is 0.277. The lowest BCUT2D eigenvalue weighted by molar-refractivity contribution is -0.137. The zero-order valence-electron chi connectivity index (χ0n) is 66.9. The third kappa shape index (κ3) is 22.1. The van der Waals surface area contributed by atoms with E-state index in [4.69, 9.17) is 179 Å². The van der Waals surface area contributed by atoms with Crippen molar-refractivity contribution in [1.82, 2.24) is 59.8 Å². The Morgan fingerprint density at radius 3 is 1.12 bits per heavy atom. The molecule has 0 atom stereocenters. The zero-order chi connectivity index (χ0) is 87.9. The first-order valence-electron chi connectivity index (χ1n) is 37.0. The molecule has 634 valence electrons. The van der Waals surface area contributed by atoms with Gasteiger partial charge in [0.1, 0.15) is 34.5 Å². The van der Waals surface area contributed by atoms with Crippen LogP contribution in [0.1, 0.15) is 82.8 Å². The minimum Gasteiger partial charge on any atom is -0.495 e. The summed E-state index contributed by atoms with van der Waals surface area (Å²) >= 11 is 68.3. The second-order valence-electron chi connectivity index (χ2n) is 27.7. The lowest BCUT2D eigenvalue weighted by atomic mass is 10.0. The fourth-order valence-electron chi connectivity index (χ4n) is 13.2. The van der Waals surface area contributed by atoms with Crippen molar-refractivity contribution in [3.8, 4) is 102 Å². The van der Waals surface area contributed by atoms with Crippen molar-refractivity contribution in [2.45, 2.75) is 99.8 Å². The minimum atomic E-state index is -4.58. The van der Waals surface area contributed by atoms with E-state index >= 15 is 0 Å². The van der Waals surface area contributed by atoms with Crippen molar-refractivity contribution >= 4 is 163 Å². The van der Waals surface area contributed by atoms with Gasteiger partial charge < -0.3 is 61.6 Å². The van der Waals surface area contributed by atoms with Crippen LogP contribution in [0.2, 0.25) is 55.2 Å². The number of alkyl halides is 3. The van der Waals surface area contributed by atoms with Gasteiger partial charge in [-0.2, -0.15) is 13.2 Å². The van der Waals surface area contributed by atoms with Crippen LogP contribution in [0.4, 0.5) is 48.9 Å². The first-order valence-corrected chi connectivity index (χ1v) is 41.2. The molecule has 0 fully saturated rings. The molecule has 38 heteroatoms. The highest BCUT2D eigenvalue weighted by Gasteiger charge is 2.36. The van der Waals surface area contributed by atoms with Crippen molar-refractivity contribution in [3.63, 3.8) is 0 Å². The van der Waals surface area contributed by atoms with E-state index in [1.165, 1.54) is 19.2 Å². The number of methoxy groups -OCH3 is 1. The van der Waals surface area contributed by atoms with E-state index in [1.807, 2.05) is 97.8 Å². The van der Waals surface area contributed by atoms with Crippen molar-refractivity contribution in [2.24, 2.45) is 0 Å². The van der Waals surface area contributed by atoms with Gasteiger partial charge in [-0.25, -0.2) is 59.8 Å². The van der Waals surface area contributed by atoms with Gasteiger partial charge in [0.05, 0.1) is 135 Å². The van der Waals surface area contributed by atoms with Crippen LogP contribution in [0, 0.1) is 34.6 Å². The number of benzene rings is 6. The Bertz CT molecular complexity index is 5760. The van der Waals surface area contributed by atoms with Crippen LogP contribution in [0.3, 0.4) is 0 Å². The summed E-state index contributed by atoms with van der Waals surface area (Å²) in [4.78, 5) is 52.4. The molecule has 0 saturated heterocycles. The Kier molecular flexibility index (Phi) is 30.2. The molecular formula is C83H78Cl11F3N18O6. The number of anilines is 6. The number of nitrogens with one attached hydrogen (secondary N) is 1. The maximum Gasteiger partial charge on any atom is 0.417 e. The molecule has 0 radical (unpaired) electrons. The molecule has 121 heavy (non-hydrogen) atoms. The van der Waals surface area contributed by atoms with Crippen molar-refractivity contribution < 1.29 is 41.6 Å². The third-order valence-corrected chi connectivity index (χ3v) is 21.4. The average Bonchev–Trinajstić information content (AvgIpc) is 1.67. The predicted octanol–water partition coefficient (Wildman–Crippen LogP) is 22.1. The number of ether oxygens (including phenoxy) is 6. The van der Waals surface area contributed by atoms with Crippen molar-refractivity contribution in [3.05, 3.63) is 202 Å². The first kappa shape index (κ1) is 92.1. The SMILES string of the molecule is CCc1cc(-c2c(Cl)cc(Cl)c3c2CCO3)nc(N)n1.CNc1nc(C)cc(-c2c(Cl)cc(Cl)c3c2CCO3)n1.COc1cc(-c2cc(C)nc(N)n2)c(C(F)(F)F)cc1Cl.Cc1cc(-c2c(Cl)cc(Cl)c3c2CCO3)nc(N(C)C)n1.Cc1cc(-c2c(Cl)cc(Cl)c3c2CCO3)nc(N)n1.Cc1cc(-c2cc(OC(C)C)c(Cl)cc2Cl)nc(N)n1. The molecule has 6 aromatic carbocycles. The highest BCUT2D eigenvalue weighted by Crippen LogP contribution is 2.50. The molecule has 0 bridgehead atoms. The summed E-state index contributed by atoms with van der Waals surface area (Å²) in [5.74, 6) is 5.31. The summed E-state index contributed by atoms with van der Waals surface area (Å²) in [5, 5.41) is 8.21.